The van der Waals surface area contributed by atoms with E-state index in [0.29, 0.717) is 26.7 Å². The van der Waals surface area contributed by atoms with E-state index in [1.54, 1.807) is 55.5 Å². The number of ether oxygens (including phenoxy) is 1. The lowest BCUT2D eigenvalue weighted by Crippen LogP contribution is -2.59. The molecule has 0 spiro atoms. The van der Waals surface area contributed by atoms with Crippen LogP contribution in [0, 0.1) is 36.5 Å². The van der Waals surface area contributed by atoms with Gasteiger partial charge in [-0.25, -0.2) is 0 Å². The lowest BCUT2D eigenvalue weighted by molar-refractivity contribution is -0.164. The van der Waals surface area contributed by atoms with Crippen LogP contribution in [0.4, 0.5) is 0 Å². The highest BCUT2D eigenvalue weighted by atomic mass is 35.5. The quantitative estimate of drug-likeness (QED) is 0.165. The molecule has 0 unspecified atom stereocenters. The van der Waals surface area contributed by atoms with E-state index in [-0.39, 0.29) is 13.0 Å². The molecular formula is C37H33Cl2NO4. The molecule has 4 aromatic carbocycles. The molecule has 7 heteroatoms. The Hall–Kier alpha value is -3.95. The van der Waals surface area contributed by atoms with Crippen molar-refractivity contribution >= 4 is 35.0 Å². The Morgan fingerprint density at radius 3 is 1.91 bits per heavy atom. The summed E-state index contributed by atoms with van der Waals surface area (Å²) in [5.41, 5.74) is 0.0288. The van der Waals surface area contributed by atoms with Crippen molar-refractivity contribution in [2.24, 2.45) is 11.3 Å². The Morgan fingerprint density at radius 2 is 1.39 bits per heavy atom. The molecule has 0 bridgehead atoms. The highest BCUT2D eigenvalue weighted by molar-refractivity contribution is 6.31. The van der Waals surface area contributed by atoms with E-state index in [1.165, 1.54) is 0 Å². The van der Waals surface area contributed by atoms with Gasteiger partial charge in [-0.05, 0) is 91.4 Å². The first kappa shape index (κ1) is 31.5. The zero-order valence-corrected chi connectivity index (χ0v) is 26.3. The number of hydrogen-bond acceptors (Lipinski definition) is 5. The number of carbonyl (C=O) groups excluding carboxylic acids is 2. The second-order valence-corrected chi connectivity index (χ2v) is 12.3. The van der Waals surface area contributed by atoms with Crippen LogP contribution in [0.15, 0.2) is 97.1 Å². The highest BCUT2D eigenvalue weighted by Gasteiger charge is 2.68. The molecule has 1 fully saturated rings. The zero-order valence-electron chi connectivity index (χ0n) is 24.8. The van der Waals surface area contributed by atoms with Gasteiger partial charge in [0, 0.05) is 27.4 Å². The van der Waals surface area contributed by atoms with Gasteiger partial charge in [-0.3, -0.25) is 9.59 Å². The second-order valence-electron chi connectivity index (χ2n) is 11.4. The molecule has 5 rings (SSSR count). The lowest BCUT2D eigenvalue weighted by atomic mass is 9.47. The predicted octanol–water partition coefficient (Wildman–Crippen LogP) is 8.34. The number of aryl methyl sites for hydroxylation is 2. The van der Waals surface area contributed by atoms with E-state index in [1.807, 2.05) is 62.4 Å². The Kier molecular flexibility index (Phi) is 9.00. The molecule has 0 aromatic heterocycles. The fraction of sp³-hybridized carbons (Fsp3) is 0.270. The molecule has 1 aliphatic rings. The fourth-order valence-electron chi connectivity index (χ4n) is 6.96. The summed E-state index contributed by atoms with van der Waals surface area (Å²) in [7, 11) is 0. The minimum absolute atomic E-state index is 0.0422. The van der Waals surface area contributed by atoms with Crippen LogP contribution in [-0.2, 0) is 15.1 Å². The molecule has 0 heterocycles. The van der Waals surface area contributed by atoms with Crippen LogP contribution >= 0.6 is 23.2 Å². The average molecular weight is 627 g/mol. The third-order valence-corrected chi connectivity index (χ3v) is 9.55. The van der Waals surface area contributed by atoms with Crippen molar-refractivity contribution in [3.63, 3.8) is 0 Å². The van der Waals surface area contributed by atoms with E-state index < -0.39 is 40.5 Å². The Balaban J connectivity index is 1.93. The van der Waals surface area contributed by atoms with Crippen LogP contribution in [0.25, 0.3) is 0 Å². The number of nitriles is 1. The average Bonchev–Trinajstić information content (AvgIpc) is 3.01. The van der Waals surface area contributed by atoms with Gasteiger partial charge in [-0.2, -0.15) is 5.26 Å². The molecule has 0 aliphatic heterocycles. The van der Waals surface area contributed by atoms with Crippen LogP contribution < -0.4 is 0 Å². The highest BCUT2D eigenvalue weighted by Crippen LogP contribution is 2.64. The van der Waals surface area contributed by atoms with Crippen molar-refractivity contribution in [1.29, 1.82) is 5.26 Å². The number of halogens is 2. The summed E-state index contributed by atoms with van der Waals surface area (Å²) in [5, 5.41) is 25.3. The van der Waals surface area contributed by atoms with Crippen molar-refractivity contribution in [3.05, 3.63) is 140 Å². The molecule has 0 saturated heterocycles. The Bertz CT molecular complexity index is 1730. The minimum atomic E-state index is -1.88. The number of esters is 1. The number of carbonyl (C=O) groups is 2. The van der Waals surface area contributed by atoms with Crippen LogP contribution in [0.1, 0.15) is 63.4 Å². The van der Waals surface area contributed by atoms with Crippen molar-refractivity contribution < 1.29 is 19.4 Å². The Labute approximate surface area is 268 Å². The molecule has 1 N–H and O–H groups in total. The van der Waals surface area contributed by atoms with Crippen molar-refractivity contribution in [3.8, 4) is 6.07 Å². The molecule has 0 amide bonds. The van der Waals surface area contributed by atoms with Crippen molar-refractivity contribution in [2.75, 3.05) is 6.61 Å². The summed E-state index contributed by atoms with van der Waals surface area (Å²) in [4.78, 5) is 29.3. The third kappa shape index (κ3) is 5.32. The van der Waals surface area contributed by atoms with Gasteiger partial charge in [0.2, 0.25) is 0 Å². The largest absolute Gasteiger partial charge is 0.465 e. The summed E-state index contributed by atoms with van der Waals surface area (Å²) < 4.78 is 5.71. The number of aliphatic hydroxyl groups is 1. The number of Topliss-reactive ketones (excluding diaryl/α,β-unsaturated/α-hetero) is 1. The van der Waals surface area contributed by atoms with Gasteiger partial charge in [0.15, 0.2) is 11.2 Å². The summed E-state index contributed by atoms with van der Waals surface area (Å²) in [6.45, 7) is 5.53. The van der Waals surface area contributed by atoms with Crippen molar-refractivity contribution in [1.82, 2.24) is 0 Å². The van der Waals surface area contributed by atoms with E-state index in [0.717, 1.165) is 16.7 Å². The van der Waals surface area contributed by atoms with Gasteiger partial charge < -0.3 is 9.84 Å². The SMILES string of the molecule is CCOC(=O)[C@@]1(C#N)[C@H](c2ccccc2C)[C@@H](C(=O)c2ccc(Cl)cc2)[C@@](O)(c2ccc(Cl)cc2)C[C@H]1c1ccccc1C. The smallest absolute Gasteiger partial charge is 0.327 e. The maximum atomic E-state index is 14.9. The van der Waals surface area contributed by atoms with Gasteiger partial charge >= 0.3 is 5.97 Å². The van der Waals surface area contributed by atoms with E-state index in [4.69, 9.17) is 27.9 Å². The van der Waals surface area contributed by atoms with Crippen molar-refractivity contribution in [2.45, 2.75) is 44.6 Å². The standard InChI is InChI=1S/C37H33Cl2NO4/c1-4-44-35(42)36(22-40)31(29-11-7-5-9-23(29)2)21-37(43,26-15-19-28(39)20-16-26)33(32(36)30-12-8-6-10-24(30)3)34(41)25-13-17-27(38)18-14-25/h5-20,31-33,43H,4,21H2,1-3H3/t31-,32+,33-,36+,37-/m0/s1. The van der Waals surface area contributed by atoms with Crippen LogP contribution in [0.5, 0.6) is 0 Å². The maximum absolute atomic E-state index is 14.9. The molecule has 44 heavy (non-hydrogen) atoms. The zero-order chi connectivity index (χ0) is 31.6. The molecule has 4 aromatic rings. The topological polar surface area (TPSA) is 87.4 Å². The first-order valence-corrected chi connectivity index (χ1v) is 15.3. The van der Waals surface area contributed by atoms with Gasteiger partial charge in [0.25, 0.3) is 0 Å². The number of rotatable bonds is 7. The molecule has 224 valence electrons. The summed E-state index contributed by atoms with van der Waals surface area (Å²) in [5.74, 6) is -4.35. The van der Waals surface area contributed by atoms with Gasteiger partial charge in [-0.1, -0.05) is 83.9 Å². The maximum Gasteiger partial charge on any atom is 0.327 e. The molecule has 5 nitrogen and oxygen atoms in total. The summed E-state index contributed by atoms with van der Waals surface area (Å²) in [6, 6.07) is 30.5. The molecule has 0 radical (unpaired) electrons. The minimum Gasteiger partial charge on any atom is -0.465 e. The van der Waals surface area contributed by atoms with E-state index in [9.17, 15) is 20.0 Å². The van der Waals surface area contributed by atoms with E-state index >= 15 is 0 Å². The number of nitrogens with zero attached hydrogens (tertiary/aromatic N) is 1. The molecular weight excluding hydrogens is 593 g/mol. The first-order chi connectivity index (χ1) is 21.1. The van der Waals surface area contributed by atoms with Gasteiger partial charge in [0.05, 0.1) is 18.6 Å². The summed E-state index contributed by atoms with van der Waals surface area (Å²) >= 11 is 12.5. The number of benzene rings is 4. The Morgan fingerprint density at radius 1 is 0.864 bits per heavy atom. The normalized spacial score (nSPS) is 24.7. The van der Waals surface area contributed by atoms with Gasteiger partial charge in [-0.15, -0.1) is 0 Å². The van der Waals surface area contributed by atoms with Crippen LogP contribution in [-0.4, -0.2) is 23.5 Å². The molecule has 5 atom stereocenters. The first-order valence-electron chi connectivity index (χ1n) is 14.6. The van der Waals surface area contributed by atoms with E-state index in [2.05, 4.69) is 6.07 Å². The monoisotopic (exact) mass is 625 g/mol. The number of hydrogen-bond donors (Lipinski definition) is 1. The fourth-order valence-corrected chi connectivity index (χ4v) is 7.21. The number of ketones is 1. The molecule has 1 aliphatic carbocycles. The predicted molar refractivity (Wildman–Crippen MR) is 172 cm³/mol. The summed E-state index contributed by atoms with van der Waals surface area (Å²) in [6.07, 6.45) is -0.0990. The van der Waals surface area contributed by atoms with Crippen LogP contribution in [0.3, 0.4) is 0 Å². The second kappa shape index (κ2) is 12.6. The molecule has 1 saturated carbocycles. The lowest BCUT2D eigenvalue weighted by Gasteiger charge is -2.54. The third-order valence-electron chi connectivity index (χ3n) is 9.04. The van der Waals surface area contributed by atoms with Crippen LogP contribution in [0.2, 0.25) is 10.0 Å². The van der Waals surface area contributed by atoms with Gasteiger partial charge in [0.1, 0.15) is 5.60 Å².